The van der Waals surface area contributed by atoms with E-state index in [0.29, 0.717) is 13.0 Å². The van der Waals surface area contributed by atoms with Crippen molar-refractivity contribution in [3.05, 3.63) is 0 Å². The Hall–Kier alpha value is -0.170. The molecule has 0 aromatic heterocycles. The summed E-state index contributed by atoms with van der Waals surface area (Å²) in [5.41, 5.74) is -0.230. The van der Waals surface area contributed by atoms with Crippen LogP contribution in [-0.4, -0.2) is 43.6 Å². The highest BCUT2D eigenvalue weighted by Gasteiger charge is 2.41. The molecular formula is C8H18N2O3S. The van der Waals surface area contributed by atoms with Crippen LogP contribution in [0.15, 0.2) is 0 Å². The van der Waals surface area contributed by atoms with Crippen molar-refractivity contribution in [2.24, 2.45) is 0 Å². The van der Waals surface area contributed by atoms with Gasteiger partial charge in [0, 0.05) is 25.7 Å². The van der Waals surface area contributed by atoms with Gasteiger partial charge < -0.3 is 5.11 Å². The maximum absolute atomic E-state index is 11.6. The van der Waals surface area contributed by atoms with Crippen molar-refractivity contribution in [3.8, 4) is 0 Å². The Bertz CT molecular complexity index is 285. The highest BCUT2D eigenvalue weighted by Crippen LogP contribution is 2.35. The molecule has 84 valence electrons. The van der Waals surface area contributed by atoms with Gasteiger partial charge in [0.25, 0.3) is 10.2 Å². The molecule has 1 saturated carbocycles. The van der Waals surface area contributed by atoms with Gasteiger partial charge in [0.1, 0.15) is 0 Å². The molecule has 0 amide bonds. The normalized spacial score (nSPS) is 20.0. The highest BCUT2D eigenvalue weighted by atomic mass is 32.2. The number of aliphatic hydroxyl groups is 1. The van der Waals surface area contributed by atoms with Crippen molar-refractivity contribution in [2.75, 3.05) is 20.2 Å². The zero-order valence-corrected chi connectivity index (χ0v) is 9.47. The molecule has 1 fully saturated rings. The Morgan fingerprint density at radius 3 is 2.50 bits per heavy atom. The van der Waals surface area contributed by atoms with Crippen molar-refractivity contribution in [3.63, 3.8) is 0 Å². The number of rotatable bonds is 6. The molecule has 0 aromatic carbocycles. The van der Waals surface area contributed by atoms with E-state index in [-0.39, 0.29) is 12.1 Å². The summed E-state index contributed by atoms with van der Waals surface area (Å²) < 4.78 is 27.1. The summed E-state index contributed by atoms with van der Waals surface area (Å²) >= 11 is 0. The van der Waals surface area contributed by atoms with Gasteiger partial charge in [-0.25, -0.2) is 0 Å². The van der Waals surface area contributed by atoms with E-state index >= 15 is 0 Å². The van der Waals surface area contributed by atoms with Gasteiger partial charge >= 0.3 is 0 Å². The summed E-state index contributed by atoms with van der Waals surface area (Å²) in [5.74, 6) is 0. The average molecular weight is 222 g/mol. The Labute approximate surface area is 85.3 Å². The third-order valence-electron chi connectivity index (χ3n) is 2.42. The molecule has 0 aliphatic heterocycles. The lowest BCUT2D eigenvalue weighted by Gasteiger charge is -2.20. The van der Waals surface area contributed by atoms with E-state index in [4.69, 9.17) is 5.11 Å². The van der Waals surface area contributed by atoms with Crippen LogP contribution in [0.4, 0.5) is 0 Å². The fraction of sp³-hybridized carbons (Fsp3) is 1.00. The molecule has 5 nitrogen and oxygen atoms in total. The van der Waals surface area contributed by atoms with Gasteiger partial charge in [0.15, 0.2) is 0 Å². The molecular weight excluding hydrogens is 204 g/mol. The lowest BCUT2D eigenvalue weighted by atomic mass is 10.4. The highest BCUT2D eigenvalue weighted by molar-refractivity contribution is 7.87. The van der Waals surface area contributed by atoms with Gasteiger partial charge in [-0.1, -0.05) is 0 Å². The molecule has 1 rings (SSSR count). The standard InChI is InChI=1S/C8H18N2O3S/c1-8(4-5-8)9-14(12,13)10(2)6-3-7-11/h9,11H,3-7H2,1-2H3. The number of hydrogen-bond donors (Lipinski definition) is 2. The molecule has 6 heteroatoms. The van der Waals surface area contributed by atoms with Crippen LogP contribution in [0.3, 0.4) is 0 Å². The maximum atomic E-state index is 11.6. The molecule has 0 radical (unpaired) electrons. The van der Waals surface area contributed by atoms with Gasteiger partial charge in [0.2, 0.25) is 0 Å². The molecule has 2 N–H and O–H groups in total. The molecule has 0 atom stereocenters. The first-order valence-corrected chi connectivity index (χ1v) is 6.20. The van der Waals surface area contributed by atoms with Gasteiger partial charge in [-0.3, -0.25) is 0 Å². The van der Waals surface area contributed by atoms with Crippen molar-refractivity contribution in [1.82, 2.24) is 9.03 Å². The summed E-state index contributed by atoms with van der Waals surface area (Å²) in [7, 11) is -1.84. The third-order valence-corrected chi connectivity index (χ3v) is 4.17. The van der Waals surface area contributed by atoms with Crippen LogP contribution in [0.1, 0.15) is 26.2 Å². The average Bonchev–Trinajstić information content (AvgIpc) is 2.77. The van der Waals surface area contributed by atoms with Gasteiger partial charge in [-0.05, 0) is 26.2 Å². The number of nitrogens with one attached hydrogen (secondary N) is 1. The molecule has 1 aliphatic carbocycles. The van der Waals surface area contributed by atoms with Gasteiger partial charge in [-0.2, -0.15) is 17.4 Å². The van der Waals surface area contributed by atoms with E-state index < -0.39 is 10.2 Å². The molecule has 0 bridgehead atoms. The second kappa shape index (κ2) is 4.14. The van der Waals surface area contributed by atoms with Crippen LogP contribution in [-0.2, 0) is 10.2 Å². The quantitative estimate of drug-likeness (QED) is 0.647. The monoisotopic (exact) mass is 222 g/mol. The van der Waals surface area contributed by atoms with Crippen LogP contribution in [0.25, 0.3) is 0 Å². The van der Waals surface area contributed by atoms with E-state index in [0.717, 1.165) is 12.8 Å². The second-order valence-electron chi connectivity index (χ2n) is 4.07. The fourth-order valence-electron chi connectivity index (χ4n) is 1.09. The van der Waals surface area contributed by atoms with E-state index in [1.807, 2.05) is 6.92 Å². The Balaban J connectivity index is 2.47. The van der Waals surface area contributed by atoms with Crippen molar-refractivity contribution in [1.29, 1.82) is 0 Å². The van der Waals surface area contributed by atoms with Crippen LogP contribution in [0.2, 0.25) is 0 Å². The Kier molecular flexibility index (Phi) is 3.52. The topological polar surface area (TPSA) is 69.6 Å². The van der Waals surface area contributed by atoms with Crippen molar-refractivity contribution >= 4 is 10.2 Å². The maximum Gasteiger partial charge on any atom is 0.279 e. The lowest BCUT2D eigenvalue weighted by molar-refractivity contribution is 0.275. The van der Waals surface area contributed by atoms with Crippen LogP contribution in [0.5, 0.6) is 0 Å². The van der Waals surface area contributed by atoms with Crippen LogP contribution < -0.4 is 4.72 Å². The molecule has 1 aliphatic rings. The minimum atomic E-state index is -3.36. The molecule has 0 spiro atoms. The Morgan fingerprint density at radius 1 is 1.50 bits per heavy atom. The predicted molar refractivity (Wildman–Crippen MR) is 54.0 cm³/mol. The van der Waals surface area contributed by atoms with E-state index in [9.17, 15) is 8.42 Å². The zero-order valence-electron chi connectivity index (χ0n) is 8.65. The van der Waals surface area contributed by atoms with Crippen LogP contribution >= 0.6 is 0 Å². The molecule has 0 heterocycles. The first-order chi connectivity index (χ1) is 6.40. The lowest BCUT2D eigenvalue weighted by Crippen LogP contribution is -2.44. The van der Waals surface area contributed by atoms with E-state index in [2.05, 4.69) is 4.72 Å². The van der Waals surface area contributed by atoms with Crippen molar-refractivity contribution < 1.29 is 13.5 Å². The summed E-state index contributed by atoms with van der Waals surface area (Å²) in [4.78, 5) is 0. The van der Waals surface area contributed by atoms with E-state index in [1.54, 1.807) is 0 Å². The predicted octanol–water partition coefficient (Wildman–Crippen LogP) is -0.313. The molecule has 0 aromatic rings. The van der Waals surface area contributed by atoms with Gasteiger partial charge in [-0.15, -0.1) is 0 Å². The summed E-state index contributed by atoms with van der Waals surface area (Å²) in [6.07, 6.45) is 2.27. The van der Waals surface area contributed by atoms with E-state index in [1.165, 1.54) is 11.4 Å². The Morgan fingerprint density at radius 2 is 2.07 bits per heavy atom. The molecule has 14 heavy (non-hydrogen) atoms. The third kappa shape index (κ3) is 3.20. The molecule has 0 unspecified atom stereocenters. The SMILES string of the molecule is CN(CCCO)S(=O)(=O)NC1(C)CC1. The molecule has 0 saturated heterocycles. The first kappa shape index (κ1) is 11.9. The first-order valence-electron chi connectivity index (χ1n) is 4.76. The van der Waals surface area contributed by atoms with Gasteiger partial charge in [0.05, 0.1) is 0 Å². The zero-order chi connectivity index (χ0) is 10.8. The number of aliphatic hydroxyl groups excluding tert-OH is 1. The van der Waals surface area contributed by atoms with Crippen LogP contribution in [0, 0.1) is 0 Å². The number of hydrogen-bond acceptors (Lipinski definition) is 3. The summed E-state index contributed by atoms with van der Waals surface area (Å²) in [6, 6.07) is 0. The number of nitrogens with zero attached hydrogens (tertiary/aromatic N) is 1. The largest absolute Gasteiger partial charge is 0.396 e. The minimum absolute atomic E-state index is 0.0110. The smallest absolute Gasteiger partial charge is 0.279 e. The summed E-state index contributed by atoms with van der Waals surface area (Å²) in [6.45, 7) is 2.25. The second-order valence-corrected chi connectivity index (χ2v) is 5.84. The van der Waals surface area contributed by atoms with Crippen molar-refractivity contribution in [2.45, 2.75) is 31.7 Å². The fourth-order valence-corrected chi connectivity index (χ4v) is 2.44. The summed E-state index contributed by atoms with van der Waals surface area (Å²) in [5, 5.41) is 8.58. The minimum Gasteiger partial charge on any atom is -0.396 e.